The third-order valence-corrected chi connectivity index (χ3v) is 3.80. The van der Waals surface area contributed by atoms with Gasteiger partial charge in [0.2, 0.25) is 0 Å². The Bertz CT molecular complexity index is 660. The molecule has 22 heavy (non-hydrogen) atoms. The van der Waals surface area contributed by atoms with Crippen molar-refractivity contribution in [2.75, 3.05) is 9.62 Å². The van der Waals surface area contributed by atoms with Gasteiger partial charge in [0.15, 0.2) is 0 Å². The van der Waals surface area contributed by atoms with Gasteiger partial charge in [-0.25, -0.2) is 9.97 Å². The number of rotatable bonds is 4. The normalized spacial score (nSPS) is 16.4. The largest absolute Gasteiger partial charge is 0.402 e. The molecule has 0 spiro atoms. The Hall–Kier alpha value is -1.65. The van der Waals surface area contributed by atoms with Crippen molar-refractivity contribution >= 4 is 19.2 Å². The van der Waals surface area contributed by atoms with Gasteiger partial charge in [-0.05, 0) is 49.4 Å². The van der Waals surface area contributed by atoms with E-state index in [9.17, 15) is 0 Å². The number of aromatic nitrogens is 2. The van der Waals surface area contributed by atoms with Gasteiger partial charge in [0, 0.05) is 44.4 Å². The molecule has 0 saturated heterocycles. The molecule has 2 aromatic rings. The number of hydrogen-bond acceptors (Lipinski definition) is 4. The van der Waals surface area contributed by atoms with E-state index in [2.05, 4.69) is 17.1 Å². The van der Waals surface area contributed by atoms with Crippen LogP contribution in [0.5, 0.6) is 0 Å². The number of nitrogens with zero attached hydrogens (tertiary/aromatic N) is 4. The van der Waals surface area contributed by atoms with E-state index in [1.807, 2.05) is 53.8 Å². The Labute approximate surface area is 144 Å². The average Bonchev–Trinajstić information content (AvgIpc) is 3.20. The van der Waals surface area contributed by atoms with E-state index < -0.39 is 0 Å². The van der Waals surface area contributed by atoms with E-state index >= 15 is 0 Å². The molecule has 2 radical (unpaired) electrons. The minimum absolute atomic E-state index is 0. The Morgan fingerprint density at radius 2 is 1.77 bits per heavy atom. The van der Waals surface area contributed by atoms with Crippen LogP contribution in [0, 0.1) is 5.92 Å². The van der Waals surface area contributed by atoms with Crippen LogP contribution in [0.4, 0.5) is 11.6 Å². The predicted octanol–water partition coefficient (Wildman–Crippen LogP) is 2.76. The van der Waals surface area contributed by atoms with Crippen molar-refractivity contribution in [3.8, 4) is 0 Å². The molecule has 2 aliphatic rings. The van der Waals surface area contributed by atoms with Crippen molar-refractivity contribution in [3.63, 3.8) is 0 Å². The Balaban J connectivity index is 0.00000144. The Morgan fingerprint density at radius 3 is 2.50 bits per heavy atom. The molecular formula is C16H16BIrN4. The van der Waals surface area contributed by atoms with Crippen molar-refractivity contribution in [2.24, 2.45) is 5.92 Å². The first-order valence-electron chi connectivity index (χ1n) is 7.35. The van der Waals surface area contributed by atoms with Gasteiger partial charge in [0.25, 0.3) is 0 Å². The third kappa shape index (κ3) is 3.39. The summed E-state index contributed by atoms with van der Waals surface area (Å²) in [6.07, 6.45) is 9.63. The van der Waals surface area contributed by atoms with Crippen LogP contribution in [0.1, 0.15) is 18.5 Å². The van der Waals surface area contributed by atoms with E-state index in [1.165, 1.54) is 18.5 Å². The molecule has 1 fully saturated rings. The summed E-state index contributed by atoms with van der Waals surface area (Å²) < 4.78 is 0. The zero-order valence-electron chi connectivity index (χ0n) is 12.1. The van der Waals surface area contributed by atoms with E-state index in [0.29, 0.717) is 0 Å². The first kappa shape index (κ1) is 15.3. The summed E-state index contributed by atoms with van der Waals surface area (Å²) in [5, 5.41) is 0. The van der Waals surface area contributed by atoms with Crippen molar-refractivity contribution in [2.45, 2.75) is 19.3 Å². The van der Waals surface area contributed by atoms with Crippen molar-refractivity contribution in [3.05, 3.63) is 60.7 Å². The molecule has 0 unspecified atom stereocenters. The predicted molar refractivity (Wildman–Crippen MR) is 84.8 cm³/mol. The molecule has 1 saturated carbocycles. The quantitative estimate of drug-likeness (QED) is 0.648. The van der Waals surface area contributed by atoms with Crippen LogP contribution in [-0.4, -0.2) is 17.5 Å². The summed E-state index contributed by atoms with van der Waals surface area (Å²) in [6.45, 7) is 0. The molecule has 6 heteroatoms. The molecule has 1 aliphatic carbocycles. The fraction of sp³-hybridized carbons (Fsp3) is 0.250. The van der Waals surface area contributed by atoms with Crippen molar-refractivity contribution in [1.82, 2.24) is 9.97 Å². The number of hydrogen-bond donors (Lipinski definition) is 0. The average molecular weight is 467 g/mol. The van der Waals surface area contributed by atoms with E-state index in [1.54, 1.807) is 6.20 Å². The zero-order chi connectivity index (χ0) is 14.1. The van der Waals surface area contributed by atoms with Gasteiger partial charge in [-0.1, -0.05) is 12.1 Å². The molecular weight excluding hydrogens is 451 g/mol. The van der Waals surface area contributed by atoms with Crippen molar-refractivity contribution in [1.29, 1.82) is 0 Å². The van der Waals surface area contributed by atoms with Gasteiger partial charge in [-0.15, -0.1) is 0 Å². The molecule has 4 rings (SSSR count). The Morgan fingerprint density at radius 1 is 1.00 bits per heavy atom. The SMILES string of the molecule is [B]1N(c2ccccn2)C=CN1c1cccc(CC2CC2)n1.[Ir]. The molecule has 3 heterocycles. The van der Waals surface area contributed by atoms with Crippen LogP contribution in [0.3, 0.4) is 0 Å². The number of pyridine rings is 2. The van der Waals surface area contributed by atoms with Crippen LogP contribution >= 0.6 is 0 Å². The molecule has 2 aromatic heterocycles. The first-order valence-corrected chi connectivity index (χ1v) is 7.35. The summed E-state index contributed by atoms with van der Waals surface area (Å²) in [6, 6.07) is 12.1. The van der Waals surface area contributed by atoms with Crippen LogP contribution in [-0.2, 0) is 26.5 Å². The molecule has 4 nitrogen and oxygen atoms in total. The van der Waals surface area contributed by atoms with Crippen molar-refractivity contribution < 1.29 is 20.1 Å². The summed E-state index contributed by atoms with van der Waals surface area (Å²) in [7, 11) is 2.01. The number of anilines is 2. The molecule has 0 bridgehead atoms. The minimum atomic E-state index is 0. The second-order valence-corrected chi connectivity index (χ2v) is 5.55. The van der Waals surface area contributed by atoms with Gasteiger partial charge in [-0.2, -0.15) is 0 Å². The second-order valence-electron chi connectivity index (χ2n) is 5.55. The second kappa shape index (κ2) is 6.63. The smallest absolute Gasteiger partial charge is 0.358 e. The van der Waals surface area contributed by atoms with Gasteiger partial charge < -0.3 is 9.62 Å². The third-order valence-electron chi connectivity index (χ3n) is 3.80. The molecule has 0 atom stereocenters. The fourth-order valence-corrected chi connectivity index (χ4v) is 2.47. The maximum absolute atomic E-state index is 4.76. The van der Waals surface area contributed by atoms with Crippen LogP contribution in [0.2, 0.25) is 0 Å². The summed E-state index contributed by atoms with van der Waals surface area (Å²) in [5.74, 6) is 2.73. The maximum atomic E-state index is 4.76. The summed E-state index contributed by atoms with van der Waals surface area (Å²) >= 11 is 0. The zero-order valence-corrected chi connectivity index (χ0v) is 14.5. The summed E-state index contributed by atoms with van der Waals surface area (Å²) in [4.78, 5) is 13.1. The van der Waals surface area contributed by atoms with Crippen LogP contribution in [0.25, 0.3) is 0 Å². The van der Waals surface area contributed by atoms with E-state index in [0.717, 1.165) is 24.0 Å². The van der Waals surface area contributed by atoms with Crippen LogP contribution in [0.15, 0.2) is 55.0 Å². The van der Waals surface area contributed by atoms with E-state index in [4.69, 9.17) is 4.98 Å². The Kier molecular flexibility index (Phi) is 4.60. The van der Waals surface area contributed by atoms with Gasteiger partial charge in [0.05, 0.1) is 0 Å². The molecule has 0 N–H and O–H groups in total. The van der Waals surface area contributed by atoms with Gasteiger partial charge >= 0.3 is 7.55 Å². The maximum Gasteiger partial charge on any atom is 0.402 e. The van der Waals surface area contributed by atoms with Gasteiger partial charge in [0.1, 0.15) is 11.6 Å². The fourth-order valence-electron chi connectivity index (χ4n) is 2.47. The minimum Gasteiger partial charge on any atom is -0.358 e. The molecule has 1 aliphatic heterocycles. The van der Waals surface area contributed by atoms with Gasteiger partial charge in [-0.3, -0.25) is 0 Å². The molecule has 0 aromatic carbocycles. The molecule has 0 amide bonds. The van der Waals surface area contributed by atoms with Crippen LogP contribution < -0.4 is 9.62 Å². The standard InChI is InChI=1S/C16H16BN4.Ir/c1-2-9-18-15(5-1)20-10-11-21(17-20)16-6-3-4-14(19-16)12-13-7-8-13;/h1-6,9-11,13H,7-8,12H2;. The summed E-state index contributed by atoms with van der Waals surface area (Å²) in [5.41, 5.74) is 1.19. The first-order chi connectivity index (χ1) is 10.4. The topological polar surface area (TPSA) is 32.3 Å². The van der Waals surface area contributed by atoms with E-state index in [-0.39, 0.29) is 20.1 Å². The monoisotopic (exact) mass is 468 g/mol. The molecule has 112 valence electrons.